The summed E-state index contributed by atoms with van der Waals surface area (Å²) in [6.07, 6.45) is 0.565. The summed E-state index contributed by atoms with van der Waals surface area (Å²) >= 11 is 0. The number of benzene rings is 1. The maximum absolute atomic E-state index is 10.9. The fourth-order valence-corrected chi connectivity index (χ4v) is 1.86. The van der Waals surface area contributed by atoms with Crippen LogP contribution in [0, 0.1) is 5.92 Å². The van der Waals surface area contributed by atoms with Crippen LogP contribution < -0.4 is 0 Å². The molecule has 0 aliphatic heterocycles. The predicted octanol–water partition coefficient (Wildman–Crippen LogP) is 1.84. The number of rotatable bonds is 3. The van der Waals surface area contributed by atoms with E-state index in [0.29, 0.717) is 17.9 Å². The Morgan fingerprint density at radius 3 is 2.40 bits per heavy atom. The SMILES string of the molecule is CC(C)Cc1cc(S(=O)(=O)O)ccc1O. The molecular weight excluding hydrogens is 216 g/mol. The van der Waals surface area contributed by atoms with Crippen molar-refractivity contribution in [3.63, 3.8) is 0 Å². The lowest BCUT2D eigenvalue weighted by Crippen LogP contribution is -2.01. The molecule has 0 heterocycles. The molecule has 4 nitrogen and oxygen atoms in total. The molecule has 0 aromatic heterocycles. The lowest BCUT2D eigenvalue weighted by molar-refractivity contribution is 0.460. The zero-order valence-electron chi connectivity index (χ0n) is 8.64. The van der Waals surface area contributed by atoms with Crippen molar-refractivity contribution in [2.75, 3.05) is 0 Å². The third-order valence-corrected chi connectivity index (χ3v) is 2.83. The first-order valence-corrected chi connectivity index (χ1v) is 6.04. The van der Waals surface area contributed by atoms with Gasteiger partial charge in [-0.1, -0.05) is 13.8 Å². The van der Waals surface area contributed by atoms with Gasteiger partial charge in [-0.25, -0.2) is 0 Å². The van der Waals surface area contributed by atoms with Gasteiger partial charge in [-0.05, 0) is 36.1 Å². The van der Waals surface area contributed by atoms with E-state index in [1.54, 1.807) is 0 Å². The van der Waals surface area contributed by atoms with Crippen LogP contribution in [-0.4, -0.2) is 18.1 Å². The van der Waals surface area contributed by atoms with E-state index in [2.05, 4.69) is 0 Å². The molecule has 5 heteroatoms. The molecule has 0 aliphatic rings. The van der Waals surface area contributed by atoms with E-state index in [1.807, 2.05) is 13.8 Å². The Labute approximate surface area is 89.3 Å². The molecule has 1 aromatic carbocycles. The minimum atomic E-state index is -4.19. The van der Waals surface area contributed by atoms with Crippen LogP contribution in [0.2, 0.25) is 0 Å². The van der Waals surface area contributed by atoms with Gasteiger partial charge in [0.2, 0.25) is 0 Å². The molecule has 0 saturated carbocycles. The second-order valence-corrected chi connectivity index (χ2v) is 5.29. The van der Waals surface area contributed by atoms with Gasteiger partial charge in [-0.3, -0.25) is 4.55 Å². The summed E-state index contributed by atoms with van der Waals surface area (Å²) in [5.74, 6) is 0.351. The van der Waals surface area contributed by atoms with E-state index in [-0.39, 0.29) is 10.6 Å². The van der Waals surface area contributed by atoms with Crippen LogP contribution in [0.5, 0.6) is 5.75 Å². The van der Waals surface area contributed by atoms with Crippen molar-refractivity contribution in [3.8, 4) is 5.75 Å². The van der Waals surface area contributed by atoms with Crippen molar-refractivity contribution in [1.29, 1.82) is 0 Å². The summed E-state index contributed by atoms with van der Waals surface area (Å²) in [6.45, 7) is 3.92. The fraction of sp³-hybridized carbons (Fsp3) is 0.400. The Bertz CT molecular complexity index is 448. The molecule has 0 aliphatic carbocycles. The number of aromatic hydroxyl groups is 1. The average Bonchev–Trinajstić information content (AvgIpc) is 2.06. The molecule has 2 N–H and O–H groups in total. The quantitative estimate of drug-likeness (QED) is 0.777. The van der Waals surface area contributed by atoms with Gasteiger partial charge in [-0.15, -0.1) is 0 Å². The van der Waals surface area contributed by atoms with E-state index in [9.17, 15) is 13.5 Å². The van der Waals surface area contributed by atoms with Gasteiger partial charge >= 0.3 is 0 Å². The molecule has 0 saturated heterocycles. The molecule has 0 unspecified atom stereocenters. The largest absolute Gasteiger partial charge is 0.508 e. The summed E-state index contributed by atoms with van der Waals surface area (Å²) in [7, 11) is -4.19. The predicted molar refractivity (Wildman–Crippen MR) is 56.5 cm³/mol. The van der Waals surface area contributed by atoms with Crippen molar-refractivity contribution in [2.45, 2.75) is 25.2 Å². The van der Waals surface area contributed by atoms with Crippen LogP contribution in [0.25, 0.3) is 0 Å². The van der Waals surface area contributed by atoms with Gasteiger partial charge in [0.05, 0.1) is 4.90 Å². The third kappa shape index (κ3) is 3.21. The van der Waals surface area contributed by atoms with Gasteiger partial charge in [0, 0.05) is 0 Å². The Balaban J connectivity index is 3.17. The zero-order chi connectivity index (χ0) is 11.6. The number of phenols is 1. The average molecular weight is 230 g/mol. The Morgan fingerprint density at radius 1 is 1.33 bits per heavy atom. The smallest absolute Gasteiger partial charge is 0.294 e. The Kier molecular flexibility index (Phi) is 3.36. The lowest BCUT2D eigenvalue weighted by atomic mass is 10.0. The normalized spacial score (nSPS) is 12.0. The molecular formula is C10H14O4S. The van der Waals surface area contributed by atoms with Gasteiger partial charge < -0.3 is 5.11 Å². The molecule has 0 spiro atoms. The first-order chi connectivity index (χ1) is 6.80. The van der Waals surface area contributed by atoms with Gasteiger partial charge in [0.25, 0.3) is 10.1 Å². The zero-order valence-corrected chi connectivity index (χ0v) is 9.45. The standard InChI is InChI=1S/C10H14O4S/c1-7(2)5-8-6-9(15(12,13)14)3-4-10(8)11/h3-4,6-7,11H,5H2,1-2H3,(H,12,13,14). The highest BCUT2D eigenvalue weighted by Crippen LogP contribution is 2.23. The molecule has 0 radical (unpaired) electrons. The summed E-state index contributed by atoms with van der Waals surface area (Å²) < 4.78 is 30.5. The molecule has 84 valence electrons. The highest BCUT2D eigenvalue weighted by Gasteiger charge is 2.12. The second kappa shape index (κ2) is 4.20. The molecule has 0 amide bonds. The van der Waals surface area contributed by atoms with E-state index in [4.69, 9.17) is 4.55 Å². The molecule has 0 atom stereocenters. The second-order valence-electron chi connectivity index (χ2n) is 3.86. The maximum atomic E-state index is 10.9. The summed E-state index contributed by atoms with van der Waals surface area (Å²) in [4.78, 5) is -0.184. The van der Waals surface area contributed by atoms with Gasteiger partial charge in [0.1, 0.15) is 5.75 Å². The third-order valence-electron chi connectivity index (χ3n) is 1.98. The van der Waals surface area contributed by atoms with Crippen LogP contribution in [-0.2, 0) is 16.5 Å². The highest BCUT2D eigenvalue weighted by atomic mass is 32.2. The van der Waals surface area contributed by atoms with Crippen molar-refractivity contribution >= 4 is 10.1 Å². The molecule has 1 aromatic rings. The minimum Gasteiger partial charge on any atom is -0.508 e. The van der Waals surface area contributed by atoms with Crippen LogP contribution in [0.4, 0.5) is 0 Å². The summed E-state index contributed by atoms with van der Waals surface area (Å²) in [6, 6.07) is 3.75. The van der Waals surface area contributed by atoms with Crippen molar-refractivity contribution < 1.29 is 18.1 Å². The maximum Gasteiger partial charge on any atom is 0.294 e. The topological polar surface area (TPSA) is 74.6 Å². The Morgan fingerprint density at radius 2 is 1.93 bits per heavy atom. The molecule has 0 fully saturated rings. The molecule has 0 bridgehead atoms. The van der Waals surface area contributed by atoms with E-state index < -0.39 is 10.1 Å². The lowest BCUT2D eigenvalue weighted by Gasteiger charge is -2.08. The first-order valence-electron chi connectivity index (χ1n) is 4.60. The van der Waals surface area contributed by atoms with E-state index in [1.165, 1.54) is 18.2 Å². The fourth-order valence-electron chi connectivity index (χ4n) is 1.33. The number of phenolic OH excluding ortho intramolecular Hbond substituents is 1. The molecule has 15 heavy (non-hydrogen) atoms. The van der Waals surface area contributed by atoms with Gasteiger partial charge in [-0.2, -0.15) is 8.42 Å². The van der Waals surface area contributed by atoms with E-state index in [0.717, 1.165) is 0 Å². The van der Waals surface area contributed by atoms with Gasteiger partial charge in [0.15, 0.2) is 0 Å². The van der Waals surface area contributed by atoms with Crippen LogP contribution >= 0.6 is 0 Å². The number of hydrogen-bond acceptors (Lipinski definition) is 3. The van der Waals surface area contributed by atoms with E-state index >= 15 is 0 Å². The van der Waals surface area contributed by atoms with Crippen molar-refractivity contribution in [3.05, 3.63) is 23.8 Å². The molecule has 1 rings (SSSR count). The van der Waals surface area contributed by atoms with Crippen molar-refractivity contribution in [2.24, 2.45) is 5.92 Å². The van der Waals surface area contributed by atoms with Crippen molar-refractivity contribution in [1.82, 2.24) is 0 Å². The Hall–Kier alpha value is -1.07. The minimum absolute atomic E-state index is 0.0519. The highest BCUT2D eigenvalue weighted by molar-refractivity contribution is 7.85. The first kappa shape index (κ1) is 12.0. The summed E-state index contributed by atoms with van der Waals surface area (Å²) in [5, 5.41) is 9.47. The van der Waals surface area contributed by atoms with Crippen LogP contribution in [0.1, 0.15) is 19.4 Å². The number of hydrogen-bond donors (Lipinski definition) is 2. The van der Waals surface area contributed by atoms with Crippen LogP contribution in [0.3, 0.4) is 0 Å². The summed E-state index contributed by atoms with van der Waals surface area (Å²) in [5.41, 5.74) is 0.528. The monoisotopic (exact) mass is 230 g/mol. The van der Waals surface area contributed by atoms with Crippen LogP contribution in [0.15, 0.2) is 23.1 Å².